The fraction of sp³-hybridized carbons (Fsp3) is 0.429. The van der Waals surface area contributed by atoms with Gasteiger partial charge in [-0.3, -0.25) is 0 Å². The maximum Gasteiger partial charge on any atom is 0.123 e. The second-order valence-electron chi connectivity index (χ2n) is 8.14. The molecule has 0 aliphatic heterocycles. The van der Waals surface area contributed by atoms with Gasteiger partial charge in [0, 0.05) is 0 Å². The zero-order chi connectivity index (χ0) is 17.3. The van der Waals surface area contributed by atoms with Crippen LogP contribution >= 0.6 is 0 Å². The summed E-state index contributed by atoms with van der Waals surface area (Å²) in [6.45, 7) is 13.2. The summed E-state index contributed by atoms with van der Waals surface area (Å²) in [6.07, 6.45) is 0. The van der Waals surface area contributed by atoms with Crippen LogP contribution in [0.4, 0.5) is 0 Å². The molecular formula is C21H28O2. The van der Waals surface area contributed by atoms with Crippen molar-refractivity contribution in [3.63, 3.8) is 0 Å². The Morgan fingerprint density at radius 1 is 0.826 bits per heavy atom. The molecule has 2 aromatic carbocycles. The van der Waals surface area contributed by atoms with Crippen molar-refractivity contribution < 1.29 is 9.84 Å². The predicted octanol–water partition coefficient (Wildman–Crippen LogP) is 5.57. The summed E-state index contributed by atoms with van der Waals surface area (Å²) in [5.74, 6) is 1.27. The van der Waals surface area contributed by atoms with Crippen LogP contribution in [-0.4, -0.2) is 5.11 Å². The van der Waals surface area contributed by atoms with Gasteiger partial charge in [-0.1, -0.05) is 59.7 Å². The van der Waals surface area contributed by atoms with Crippen molar-refractivity contribution >= 4 is 0 Å². The Morgan fingerprint density at radius 2 is 1.30 bits per heavy atom. The summed E-state index contributed by atoms with van der Waals surface area (Å²) in [5, 5.41) is 10.7. The molecule has 0 aliphatic carbocycles. The summed E-state index contributed by atoms with van der Waals surface area (Å²) >= 11 is 0. The summed E-state index contributed by atoms with van der Waals surface area (Å²) < 4.78 is 5.89. The Labute approximate surface area is 140 Å². The summed E-state index contributed by atoms with van der Waals surface area (Å²) in [5.41, 5.74) is 2.79. The second-order valence-corrected chi connectivity index (χ2v) is 8.14. The van der Waals surface area contributed by atoms with E-state index in [-0.39, 0.29) is 10.8 Å². The molecule has 0 aromatic heterocycles. The molecule has 0 bridgehead atoms. The molecule has 124 valence electrons. The van der Waals surface area contributed by atoms with Crippen LogP contribution in [0.5, 0.6) is 11.5 Å². The monoisotopic (exact) mass is 312 g/mol. The number of ether oxygens (including phenoxy) is 1. The van der Waals surface area contributed by atoms with E-state index >= 15 is 0 Å². The normalized spacial score (nSPS) is 12.3. The fourth-order valence-corrected chi connectivity index (χ4v) is 2.60. The number of benzene rings is 2. The van der Waals surface area contributed by atoms with Crippen LogP contribution in [0.1, 0.15) is 58.2 Å². The third-order valence-electron chi connectivity index (χ3n) is 3.93. The lowest BCUT2D eigenvalue weighted by Crippen LogP contribution is -2.18. The van der Waals surface area contributed by atoms with E-state index in [1.54, 1.807) is 0 Å². The lowest BCUT2D eigenvalue weighted by Gasteiger charge is -2.28. The molecule has 2 rings (SSSR count). The van der Waals surface area contributed by atoms with Gasteiger partial charge in [0.05, 0.1) is 0 Å². The van der Waals surface area contributed by atoms with E-state index in [1.807, 2.05) is 30.3 Å². The Hall–Kier alpha value is -1.96. The highest BCUT2D eigenvalue weighted by atomic mass is 16.5. The first-order valence-electron chi connectivity index (χ1n) is 8.14. The Morgan fingerprint density at radius 3 is 1.74 bits per heavy atom. The van der Waals surface area contributed by atoms with Crippen molar-refractivity contribution in [1.82, 2.24) is 0 Å². The lowest BCUT2D eigenvalue weighted by atomic mass is 9.78. The number of aromatic hydroxyl groups is 1. The standard InChI is InChI=1S/C21H28O2/c1-20(2,3)17-12-15(13-18(19(17)22)21(4,5)6)14-23-16-10-8-7-9-11-16/h7-13,22H,14H2,1-6H3. The number of phenols is 1. The SMILES string of the molecule is CC(C)(C)c1cc(COc2ccccc2)cc(C(C)(C)C)c1O. The van der Waals surface area contributed by atoms with Crippen LogP contribution in [0.25, 0.3) is 0 Å². The van der Waals surface area contributed by atoms with Crippen molar-refractivity contribution in [3.05, 3.63) is 59.2 Å². The van der Waals surface area contributed by atoms with E-state index in [0.717, 1.165) is 22.4 Å². The van der Waals surface area contributed by atoms with E-state index in [0.29, 0.717) is 12.4 Å². The highest BCUT2D eigenvalue weighted by molar-refractivity contribution is 5.49. The largest absolute Gasteiger partial charge is 0.507 e. The van der Waals surface area contributed by atoms with Crippen LogP contribution in [0.3, 0.4) is 0 Å². The van der Waals surface area contributed by atoms with Gasteiger partial charge < -0.3 is 9.84 Å². The molecule has 0 heterocycles. The van der Waals surface area contributed by atoms with Crippen molar-refractivity contribution in [2.45, 2.75) is 59.0 Å². The van der Waals surface area contributed by atoms with Gasteiger partial charge in [-0.25, -0.2) is 0 Å². The van der Waals surface area contributed by atoms with Crippen molar-refractivity contribution in [2.24, 2.45) is 0 Å². The molecule has 23 heavy (non-hydrogen) atoms. The lowest BCUT2D eigenvalue weighted by molar-refractivity contribution is 0.305. The molecule has 0 spiro atoms. The van der Waals surface area contributed by atoms with Crippen LogP contribution in [0.2, 0.25) is 0 Å². The first-order chi connectivity index (χ1) is 10.6. The maximum atomic E-state index is 10.7. The third kappa shape index (κ3) is 4.28. The second kappa shape index (κ2) is 6.27. The molecule has 1 N–H and O–H groups in total. The topological polar surface area (TPSA) is 29.5 Å². The van der Waals surface area contributed by atoms with Crippen LogP contribution in [0, 0.1) is 0 Å². The molecule has 0 amide bonds. The number of hydrogen-bond donors (Lipinski definition) is 1. The van der Waals surface area contributed by atoms with E-state index in [2.05, 4.69) is 53.7 Å². The van der Waals surface area contributed by atoms with Crippen molar-refractivity contribution in [1.29, 1.82) is 0 Å². The third-order valence-corrected chi connectivity index (χ3v) is 3.93. The molecule has 0 radical (unpaired) electrons. The molecule has 2 aromatic rings. The molecule has 2 nitrogen and oxygen atoms in total. The van der Waals surface area contributed by atoms with Gasteiger partial charge in [0.25, 0.3) is 0 Å². The molecule has 0 aliphatic rings. The first-order valence-corrected chi connectivity index (χ1v) is 8.14. The van der Waals surface area contributed by atoms with Gasteiger partial charge in [0.1, 0.15) is 18.1 Å². The molecule has 0 fully saturated rings. The zero-order valence-corrected chi connectivity index (χ0v) is 15.1. The first kappa shape index (κ1) is 17.4. The number of rotatable bonds is 3. The molecule has 0 saturated carbocycles. The van der Waals surface area contributed by atoms with Gasteiger partial charge in [-0.05, 0) is 51.8 Å². The van der Waals surface area contributed by atoms with E-state index in [9.17, 15) is 5.11 Å². The van der Waals surface area contributed by atoms with E-state index in [4.69, 9.17) is 4.74 Å². The number of hydrogen-bond acceptors (Lipinski definition) is 2. The zero-order valence-electron chi connectivity index (χ0n) is 15.1. The van der Waals surface area contributed by atoms with Crippen molar-refractivity contribution in [3.8, 4) is 11.5 Å². The highest BCUT2D eigenvalue weighted by Gasteiger charge is 2.26. The van der Waals surface area contributed by atoms with Crippen molar-refractivity contribution in [2.75, 3.05) is 0 Å². The van der Waals surface area contributed by atoms with Crippen LogP contribution in [0.15, 0.2) is 42.5 Å². The molecule has 0 unspecified atom stereocenters. The minimum absolute atomic E-state index is 0.118. The smallest absolute Gasteiger partial charge is 0.123 e. The average Bonchev–Trinajstić information content (AvgIpc) is 2.44. The Balaban J connectivity index is 2.40. The number of phenolic OH excluding ortho intramolecular Hbond substituents is 1. The average molecular weight is 312 g/mol. The minimum atomic E-state index is -0.118. The molecule has 0 saturated heterocycles. The quantitative estimate of drug-likeness (QED) is 0.803. The Bertz CT molecular complexity index is 623. The van der Waals surface area contributed by atoms with Gasteiger partial charge in [0.15, 0.2) is 0 Å². The molecular weight excluding hydrogens is 284 g/mol. The summed E-state index contributed by atoms with van der Waals surface area (Å²) in [7, 11) is 0. The van der Waals surface area contributed by atoms with Gasteiger partial charge in [-0.2, -0.15) is 0 Å². The minimum Gasteiger partial charge on any atom is -0.507 e. The summed E-state index contributed by atoms with van der Waals surface area (Å²) in [6, 6.07) is 13.9. The van der Waals surface area contributed by atoms with E-state index in [1.165, 1.54) is 0 Å². The predicted molar refractivity (Wildman–Crippen MR) is 96.3 cm³/mol. The molecule has 0 atom stereocenters. The highest BCUT2D eigenvalue weighted by Crippen LogP contribution is 2.39. The fourth-order valence-electron chi connectivity index (χ4n) is 2.60. The Kier molecular flexibility index (Phi) is 4.74. The van der Waals surface area contributed by atoms with Gasteiger partial charge in [-0.15, -0.1) is 0 Å². The van der Waals surface area contributed by atoms with Gasteiger partial charge in [0.2, 0.25) is 0 Å². The summed E-state index contributed by atoms with van der Waals surface area (Å²) in [4.78, 5) is 0. The van der Waals surface area contributed by atoms with Crippen LogP contribution in [-0.2, 0) is 17.4 Å². The number of para-hydroxylation sites is 1. The maximum absolute atomic E-state index is 10.7. The van der Waals surface area contributed by atoms with Crippen LogP contribution < -0.4 is 4.74 Å². The molecule has 2 heteroatoms. The van der Waals surface area contributed by atoms with E-state index < -0.39 is 0 Å². The van der Waals surface area contributed by atoms with Gasteiger partial charge >= 0.3 is 0 Å².